The molecule has 12 amide bonds. The quantitative estimate of drug-likeness (QED) is 0.159. The summed E-state index contributed by atoms with van der Waals surface area (Å²) in [4.78, 5) is 191. The van der Waals surface area contributed by atoms with Crippen molar-refractivity contribution in [2.75, 3.05) is 75.5 Å². The summed E-state index contributed by atoms with van der Waals surface area (Å²) in [6.45, 7) is 9.63. The summed E-state index contributed by atoms with van der Waals surface area (Å²) in [6, 6.07) is 2.55. The normalized spacial score (nSPS) is 25.5. The molecule has 3 aromatic carbocycles. The van der Waals surface area contributed by atoms with E-state index in [4.69, 9.17) is 11.6 Å². The number of fused-ring (bicyclic) bond motifs is 1. The van der Waals surface area contributed by atoms with Crippen LogP contribution in [0.1, 0.15) is 146 Å². The standard InChI is InChI=1S/C76H103ClF6N12O12/c1-14-45(3)62-71(105)89(9)48(6)66(100)95-39-34-56(95)69(103)91(11)58(42-51-26-30-52(31-27-51)75(78,79)80)68(102)87(7)44-60(96)84-55(33-29-50-28-32-53(54(77)40-50)76(81,82)83)67(101)90(10)57(41-49-24-18-16-19-25-49)65(99)86-74(35-20-21-36-74)73(107)93(13)63(46(4)15-2)72(106)92(12)59(70(104)94-37-22-17-23-38-94)43-61(97)88(8)47(5)64(98)85-62/h16,18-19,24-28,30-32,40,45-48,55-59,62-63H,14-15,17,20-23,29,33-39,41-44H2,1-13H3,(H,84,96)(H,85,98)(H,86,99)/t45-,46-,47-,48+,55-,56-,57+,58-,59-,62-,63-/m0/s1. The topological polar surface area (TPSA) is 270 Å². The molecule has 588 valence electrons. The molecule has 3 N–H and O–H groups in total. The lowest BCUT2D eigenvalue weighted by atomic mass is 9.90. The zero-order chi connectivity index (χ0) is 79.5. The van der Waals surface area contributed by atoms with Gasteiger partial charge < -0.3 is 60.0 Å². The summed E-state index contributed by atoms with van der Waals surface area (Å²) >= 11 is 6.17. The summed E-state index contributed by atoms with van der Waals surface area (Å²) in [5.74, 6) is -10.6. The van der Waals surface area contributed by atoms with E-state index in [0.717, 1.165) is 78.3 Å². The van der Waals surface area contributed by atoms with E-state index in [0.29, 0.717) is 57.2 Å². The van der Waals surface area contributed by atoms with Crippen molar-refractivity contribution in [3.05, 3.63) is 106 Å². The fraction of sp³-hybridized carbons (Fsp3) is 0.605. The van der Waals surface area contributed by atoms with E-state index in [1.54, 1.807) is 62.9 Å². The van der Waals surface area contributed by atoms with E-state index in [1.165, 1.54) is 73.0 Å². The molecule has 1 spiro atoms. The van der Waals surface area contributed by atoms with Crippen LogP contribution in [-0.4, -0.2) is 250 Å². The number of rotatable bonds is 12. The lowest BCUT2D eigenvalue weighted by Gasteiger charge is -2.45. The highest BCUT2D eigenvalue weighted by molar-refractivity contribution is 6.31. The van der Waals surface area contributed by atoms with Gasteiger partial charge in [0.05, 0.1) is 29.1 Å². The first-order chi connectivity index (χ1) is 50.2. The number of carbonyl (C=O) groups excluding carboxylic acids is 12. The fourth-order valence-electron chi connectivity index (χ4n) is 14.4. The molecule has 3 aliphatic heterocycles. The lowest BCUT2D eigenvalue weighted by Crippen LogP contribution is -2.65. The first kappa shape index (κ1) is 85.4. The van der Waals surface area contributed by atoms with E-state index in [1.807, 2.05) is 0 Å². The van der Waals surface area contributed by atoms with Gasteiger partial charge in [-0.1, -0.05) is 114 Å². The third-order valence-corrected chi connectivity index (χ3v) is 22.5. The van der Waals surface area contributed by atoms with Crippen molar-refractivity contribution in [1.82, 2.24) is 60.0 Å². The maximum atomic E-state index is 15.7. The third-order valence-electron chi connectivity index (χ3n) is 22.2. The number of likely N-dealkylation sites (N-methyl/N-ethyl adjacent to an activating group) is 7. The minimum atomic E-state index is -4.83. The largest absolute Gasteiger partial charge is 0.417 e. The van der Waals surface area contributed by atoms with Gasteiger partial charge in [-0.05, 0) is 118 Å². The highest BCUT2D eigenvalue weighted by Gasteiger charge is 2.51. The SMILES string of the molecule is CC[C@H](C)[C@@H]1NC(=O)[C@H](C)N(C)C(=O)C[C@@H](C(=O)N2CCCCC2)N(C)C(=O)[C@H]([C@@H](C)CC)N(C)C(=O)C2(CCCC2)NC(=O)[C@@H](Cc2ccccc2)N(C)C(=O)[C@H](CCc2ccc(C(F)(F)F)c(Cl)c2)NC(=O)CN(C)C(=O)[C@H](Cc2ccc(C(F)(F)F)cc2)N(C)C(=O)[C@@H]2CCN2C(=O)[C@@H](C)N(C)C1=O. The van der Waals surface area contributed by atoms with Crippen molar-refractivity contribution in [3.8, 4) is 0 Å². The number of nitrogens with zero attached hydrogens (tertiary/aromatic N) is 9. The van der Waals surface area contributed by atoms with Crippen LogP contribution in [-0.2, 0) is 89.1 Å². The highest BCUT2D eigenvalue weighted by atomic mass is 35.5. The average molecular weight is 1530 g/mol. The number of hydrogen-bond donors (Lipinski definition) is 3. The Morgan fingerprint density at radius 2 is 1.16 bits per heavy atom. The average Bonchev–Trinajstić information content (AvgIpc) is 1.72. The van der Waals surface area contributed by atoms with Gasteiger partial charge in [-0.15, -0.1) is 0 Å². The molecule has 0 unspecified atom stereocenters. The van der Waals surface area contributed by atoms with Crippen molar-refractivity contribution >= 4 is 82.5 Å². The van der Waals surface area contributed by atoms with Gasteiger partial charge in [-0.2, -0.15) is 26.3 Å². The molecular formula is C76H103ClF6N12O12. The minimum Gasteiger partial charge on any atom is -0.343 e. The van der Waals surface area contributed by atoms with Crippen LogP contribution in [0.4, 0.5) is 26.3 Å². The zero-order valence-corrected chi connectivity index (χ0v) is 64.0. The lowest BCUT2D eigenvalue weighted by molar-refractivity contribution is -0.160. The van der Waals surface area contributed by atoms with E-state index in [-0.39, 0.29) is 56.2 Å². The van der Waals surface area contributed by atoms with Crippen molar-refractivity contribution in [1.29, 1.82) is 0 Å². The van der Waals surface area contributed by atoms with Crippen molar-refractivity contribution in [3.63, 3.8) is 0 Å². The van der Waals surface area contributed by atoms with Gasteiger partial charge in [0.25, 0.3) is 0 Å². The van der Waals surface area contributed by atoms with E-state index in [2.05, 4.69) is 16.0 Å². The van der Waals surface area contributed by atoms with Crippen LogP contribution in [0, 0.1) is 11.8 Å². The van der Waals surface area contributed by atoms with Crippen LogP contribution in [0.2, 0.25) is 5.02 Å². The Hall–Kier alpha value is -8.83. The summed E-state index contributed by atoms with van der Waals surface area (Å²) in [5, 5.41) is 7.79. The van der Waals surface area contributed by atoms with Crippen molar-refractivity contribution in [2.45, 2.75) is 210 Å². The number of hydrogen-bond acceptors (Lipinski definition) is 12. The number of alkyl halides is 6. The van der Waals surface area contributed by atoms with Gasteiger partial charge in [0, 0.05) is 81.8 Å². The Labute approximate surface area is 626 Å². The van der Waals surface area contributed by atoms with Crippen molar-refractivity contribution < 1.29 is 83.9 Å². The van der Waals surface area contributed by atoms with Crippen LogP contribution in [0.5, 0.6) is 0 Å². The van der Waals surface area contributed by atoms with E-state index in [9.17, 15) is 59.9 Å². The fourth-order valence-corrected chi connectivity index (χ4v) is 14.7. The van der Waals surface area contributed by atoms with Gasteiger partial charge in [-0.25, -0.2) is 0 Å². The number of nitrogens with one attached hydrogen (secondary N) is 3. The van der Waals surface area contributed by atoms with Gasteiger partial charge in [0.15, 0.2) is 0 Å². The molecule has 107 heavy (non-hydrogen) atoms. The number of benzene rings is 3. The molecule has 0 aromatic heterocycles. The molecular weight excluding hydrogens is 1420 g/mol. The maximum absolute atomic E-state index is 15.7. The monoisotopic (exact) mass is 1520 g/mol. The molecule has 3 aromatic rings. The van der Waals surface area contributed by atoms with Crippen LogP contribution >= 0.6 is 11.6 Å². The summed E-state index contributed by atoms with van der Waals surface area (Å²) < 4.78 is 83.6. The second-order valence-corrected chi connectivity index (χ2v) is 29.7. The number of likely N-dealkylation sites (tertiary alicyclic amines) is 1. The molecule has 3 saturated heterocycles. The van der Waals surface area contributed by atoms with Crippen molar-refractivity contribution in [2.24, 2.45) is 11.8 Å². The van der Waals surface area contributed by atoms with Gasteiger partial charge in [0.2, 0.25) is 70.9 Å². The Balaban J connectivity index is 1.34. The number of halogens is 7. The van der Waals surface area contributed by atoms with Crippen LogP contribution in [0.3, 0.4) is 0 Å². The molecule has 4 aliphatic rings. The molecule has 0 radical (unpaired) electrons. The molecule has 0 bridgehead atoms. The maximum Gasteiger partial charge on any atom is 0.417 e. The molecule has 24 nitrogen and oxygen atoms in total. The molecule has 1 saturated carbocycles. The molecule has 1 aliphatic carbocycles. The third kappa shape index (κ3) is 20.3. The van der Waals surface area contributed by atoms with Crippen LogP contribution in [0.25, 0.3) is 0 Å². The summed E-state index contributed by atoms with van der Waals surface area (Å²) in [6.07, 6.45) is -7.63. The van der Waals surface area contributed by atoms with Gasteiger partial charge in [-0.3, -0.25) is 57.5 Å². The molecule has 11 atom stereocenters. The molecule has 4 fully saturated rings. The second kappa shape index (κ2) is 36.4. The summed E-state index contributed by atoms with van der Waals surface area (Å²) in [7, 11) is 9.18. The van der Waals surface area contributed by atoms with Gasteiger partial charge in [0.1, 0.15) is 59.9 Å². The minimum absolute atomic E-state index is 0.000511. The number of aryl methyl sites for hydroxylation is 1. The highest BCUT2D eigenvalue weighted by Crippen LogP contribution is 2.37. The number of carbonyl (C=O) groups is 12. The second-order valence-electron chi connectivity index (χ2n) is 29.3. The number of piperidine rings is 1. The van der Waals surface area contributed by atoms with Crippen LogP contribution < -0.4 is 16.0 Å². The number of amides is 12. The predicted octanol–water partition coefficient (Wildman–Crippen LogP) is 6.76. The zero-order valence-electron chi connectivity index (χ0n) is 63.3. The molecule has 31 heteroatoms. The smallest absolute Gasteiger partial charge is 0.343 e. The molecule has 3 heterocycles. The van der Waals surface area contributed by atoms with E-state index >= 15 is 24.0 Å². The Kier molecular flexibility index (Phi) is 29.0. The Morgan fingerprint density at radius 1 is 0.579 bits per heavy atom. The van der Waals surface area contributed by atoms with Gasteiger partial charge >= 0.3 is 12.4 Å². The summed E-state index contributed by atoms with van der Waals surface area (Å²) in [5.41, 5.74) is -3.01. The van der Waals surface area contributed by atoms with E-state index < -0.39 is 191 Å². The van der Waals surface area contributed by atoms with Crippen LogP contribution in [0.15, 0.2) is 72.8 Å². The first-order valence-electron chi connectivity index (χ1n) is 36.6. The first-order valence-corrected chi connectivity index (χ1v) is 37.0. The molecule has 7 rings (SSSR count). The Bertz CT molecular complexity index is 3730. The Morgan fingerprint density at radius 3 is 1.72 bits per heavy atom. The predicted molar refractivity (Wildman–Crippen MR) is 386 cm³/mol.